The number of nitrogens with zero attached hydrogens (tertiary/aromatic N) is 1. The second-order valence-corrected chi connectivity index (χ2v) is 8.36. The number of carbonyl (C=O) groups is 2. The smallest absolute Gasteiger partial charge is 0.300 e. The number of hydrogen-bond acceptors (Lipinski definition) is 6. The monoisotopic (exact) mass is 529 g/mol. The minimum absolute atomic E-state index is 0.0489. The van der Waals surface area contributed by atoms with Gasteiger partial charge in [0.1, 0.15) is 11.5 Å². The van der Waals surface area contributed by atoms with Crippen LogP contribution in [0, 0.1) is 11.6 Å². The van der Waals surface area contributed by atoms with E-state index in [0.29, 0.717) is 29.4 Å². The van der Waals surface area contributed by atoms with Crippen molar-refractivity contribution in [1.29, 1.82) is 0 Å². The van der Waals surface area contributed by atoms with Crippen LogP contribution in [0.4, 0.5) is 14.5 Å². The van der Waals surface area contributed by atoms with Gasteiger partial charge in [0.2, 0.25) is 0 Å². The number of Topliss-reactive ketones (excluding diaryl/α,β-unsaturated/α-hetero) is 1. The molecule has 10 heteroatoms. The Morgan fingerprint density at radius 2 is 1.73 bits per heavy atom. The minimum atomic E-state index is -1.24. The Hall–Kier alpha value is -4.11. The van der Waals surface area contributed by atoms with Crippen LogP contribution in [-0.4, -0.2) is 37.6 Å². The SMILES string of the molecule is CCOc1cc(C2/C(=C(\O)c3cc(OC)ccc3Cl)C(=O)C(=O)N2c2ccc(F)c(F)c2)ccc1OC. The number of aliphatic hydroxyl groups is 1. The maximum atomic E-state index is 14.2. The Morgan fingerprint density at radius 1 is 0.973 bits per heavy atom. The van der Waals surface area contributed by atoms with Crippen molar-refractivity contribution in [3.63, 3.8) is 0 Å². The summed E-state index contributed by atoms with van der Waals surface area (Å²) in [6, 6.07) is 10.7. The average Bonchev–Trinajstić information content (AvgIpc) is 3.16. The van der Waals surface area contributed by atoms with E-state index in [0.717, 1.165) is 17.0 Å². The Labute approximate surface area is 216 Å². The van der Waals surface area contributed by atoms with Crippen molar-refractivity contribution >= 4 is 34.7 Å². The third kappa shape index (κ3) is 4.70. The van der Waals surface area contributed by atoms with Gasteiger partial charge in [-0.05, 0) is 55.0 Å². The number of ketones is 1. The van der Waals surface area contributed by atoms with Crippen LogP contribution in [0.1, 0.15) is 24.1 Å². The summed E-state index contributed by atoms with van der Waals surface area (Å²) in [5.74, 6) is -3.93. The molecule has 0 radical (unpaired) electrons. The van der Waals surface area contributed by atoms with Crippen molar-refractivity contribution in [2.75, 3.05) is 25.7 Å². The Balaban J connectivity index is 2.00. The molecule has 0 aliphatic carbocycles. The molecule has 37 heavy (non-hydrogen) atoms. The first kappa shape index (κ1) is 26.0. The number of methoxy groups -OCH3 is 2. The molecule has 1 unspecified atom stereocenters. The number of rotatable bonds is 7. The number of ether oxygens (including phenoxy) is 3. The summed E-state index contributed by atoms with van der Waals surface area (Å²) in [6.07, 6.45) is 0. The van der Waals surface area contributed by atoms with Crippen molar-refractivity contribution < 1.29 is 37.7 Å². The molecule has 0 spiro atoms. The molecule has 1 heterocycles. The number of anilines is 1. The van der Waals surface area contributed by atoms with Gasteiger partial charge in [0, 0.05) is 17.3 Å². The van der Waals surface area contributed by atoms with E-state index < -0.39 is 35.1 Å². The first-order valence-electron chi connectivity index (χ1n) is 11.1. The molecular weight excluding hydrogens is 508 g/mol. The summed E-state index contributed by atoms with van der Waals surface area (Å²) in [6.45, 7) is 2.06. The molecule has 0 saturated carbocycles. The molecule has 1 aliphatic rings. The lowest BCUT2D eigenvalue weighted by Crippen LogP contribution is -2.29. The third-order valence-electron chi connectivity index (χ3n) is 5.86. The molecule has 1 aliphatic heterocycles. The molecule has 7 nitrogen and oxygen atoms in total. The van der Waals surface area contributed by atoms with Crippen LogP contribution < -0.4 is 19.1 Å². The zero-order chi connectivity index (χ0) is 26.9. The predicted molar refractivity (Wildman–Crippen MR) is 133 cm³/mol. The highest BCUT2D eigenvalue weighted by molar-refractivity contribution is 6.52. The third-order valence-corrected chi connectivity index (χ3v) is 6.19. The molecule has 1 atom stereocenters. The van der Waals surface area contributed by atoms with Crippen LogP contribution >= 0.6 is 11.6 Å². The van der Waals surface area contributed by atoms with Gasteiger partial charge in [-0.3, -0.25) is 14.5 Å². The topological polar surface area (TPSA) is 85.3 Å². The van der Waals surface area contributed by atoms with E-state index in [1.165, 1.54) is 32.4 Å². The first-order valence-corrected chi connectivity index (χ1v) is 11.5. The Bertz CT molecular complexity index is 1420. The molecule has 3 aromatic rings. The zero-order valence-corrected chi connectivity index (χ0v) is 20.8. The predicted octanol–water partition coefficient (Wildman–Crippen LogP) is 5.66. The maximum absolute atomic E-state index is 14.2. The Kier molecular flexibility index (Phi) is 7.35. The van der Waals surface area contributed by atoms with Gasteiger partial charge in [-0.2, -0.15) is 0 Å². The summed E-state index contributed by atoms with van der Waals surface area (Å²) in [7, 11) is 2.87. The van der Waals surface area contributed by atoms with Crippen LogP contribution in [0.3, 0.4) is 0 Å². The van der Waals surface area contributed by atoms with Gasteiger partial charge in [-0.25, -0.2) is 8.78 Å². The quantitative estimate of drug-likeness (QED) is 0.241. The molecular formula is C27H22ClF2NO6. The largest absolute Gasteiger partial charge is 0.507 e. The first-order chi connectivity index (χ1) is 17.7. The number of amides is 1. The highest BCUT2D eigenvalue weighted by Crippen LogP contribution is 2.45. The van der Waals surface area contributed by atoms with E-state index in [-0.39, 0.29) is 21.8 Å². The van der Waals surface area contributed by atoms with Crippen LogP contribution in [0.2, 0.25) is 5.02 Å². The lowest BCUT2D eigenvalue weighted by atomic mass is 9.94. The molecule has 0 aromatic heterocycles. The van der Waals surface area contributed by atoms with Crippen LogP contribution in [0.15, 0.2) is 60.2 Å². The number of aliphatic hydroxyl groups excluding tert-OH is 1. The van der Waals surface area contributed by atoms with E-state index in [9.17, 15) is 23.5 Å². The number of benzene rings is 3. The van der Waals surface area contributed by atoms with Gasteiger partial charge in [-0.1, -0.05) is 17.7 Å². The Morgan fingerprint density at radius 3 is 2.38 bits per heavy atom. The van der Waals surface area contributed by atoms with Gasteiger partial charge in [0.25, 0.3) is 11.7 Å². The van der Waals surface area contributed by atoms with Gasteiger partial charge in [-0.15, -0.1) is 0 Å². The fraction of sp³-hybridized carbons (Fsp3) is 0.185. The van der Waals surface area contributed by atoms with E-state index in [1.807, 2.05) is 0 Å². The maximum Gasteiger partial charge on any atom is 0.300 e. The number of halogens is 3. The molecule has 1 N–H and O–H groups in total. The van der Waals surface area contributed by atoms with Gasteiger partial charge in [0.15, 0.2) is 23.1 Å². The number of carbonyl (C=O) groups excluding carboxylic acids is 2. The lowest BCUT2D eigenvalue weighted by Gasteiger charge is -2.26. The summed E-state index contributed by atoms with van der Waals surface area (Å²) in [4.78, 5) is 27.6. The fourth-order valence-electron chi connectivity index (χ4n) is 4.14. The summed E-state index contributed by atoms with van der Waals surface area (Å²) >= 11 is 6.31. The molecule has 4 rings (SSSR count). The van der Waals surface area contributed by atoms with E-state index in [2.05, 4.69) is 0 Å². The summed E-state index contributed by atoms with van der Waals surface area (Å²) < 4.78 is 44.0. The van der Waals surface area contributed by atoms with Crippen molar-refractivity contribution in [3.8, 4) is 17.2 Å². The van der Waals surface area contributed by atoms with Gasteiger partial charge in [0.05, 0.1) is 37.5 Å². The highest BCUT2D eigenvalue weighted by Gasteiger charge is 2.47. The van der Waals surface area contributed by atoms with Crippen molar-refractivity contribution in [1.82, 2.24) is 0 Å². The van der Waals surface area contributed by atoms with Crippen LogP contribution in [-0.2, 0) is 9.59 Å². The molecule has 3 aromatic carbocycles. The molecule has 1 saturated heterocycles. The van der Waals surface area contributed by atoms with Crippen molar-refractivity contribution in [3.05, 3.63) is 88.0 Å². The minimum Gasteiger partial charge on any atom is -0.507 e. The van der Waals surface area contributed by atoms with Crippen molar-refractivity contribution in [2.24, 2.45) is 0 Å². The second kappa shape index (κ2) is 10.5. The molecule has 0 bridgehead atoms. The van der Waals surface area contributed by atoms with E-state index in [1.54, 1.807) is 31.2 Å². The summed E-state index contributed by atoms with van der Waals surface area (Å²) in [5, 5.41) is 11.4. The summed E-state index contributed by atoms with van der Waals surface area (Å²) in [5.41, 5.74) is -0.00494. The lowest BCUT2D eigenvalue weighted by molar-refractivity contribution is -0.132. The van der Waals surface area contributed by atoms with Gasteiger partial charge < -0.3 is 19.3 Å². The molecule has 1 fully saturated rings. The molecule has 1 amide bonds. The van der Waals surface area contributed by atoms with Crippen LogP contribution in [0.25, 0.3) is 5.76 Å². The molecule has 192 valence electrons. The standard InChI is InChI=1S/C27H22ClF2NO6/c1-4-37-22-11-14(5-10-21(22)36-3)24-23(25(32)17-13-16(35-2)7-8-18(17)28)26(33)27(34)31(24)15-6-9-19(29)20(30)12-15/h5-13,24,32H,4H2,1-3H3/b25-23+. The zero-order valence-electron chi connectivity index (χ0n) is 20.1. The van der Waals surface area contributed by atoms with Gasteiger partial charge >= 0.3 is 0 Å². The second-order valence-electron chi connectivity index (χ2n) is 7.96. The normalized spacial score (nSPS) is 16.7. The number of hydrogen-bond donors (Lipinski definition) is 1. The van der Waals surface area contributed by atoms with Crippen molar-refractivity contribution in [2.45, 2.75) is 13.0 Å². The average molecular weight is 530 g/mol. The highest BCUT2D eigenvalue weighted by atomic mass is 35.5. The van der Waals surface area contributed by atoms with E-state index in [4.69, 9.17) is 25.8 Å². The van der Waals surface area contributed by atoms with E-state index >= 15 is 0 Å². The fourth-order valence-corrected chi connectivity index (χ4v) is 4.35. The van der Waals surface area contributed by atoms with Crippen LogP contribution in [0.5, 0.6) is 17.2 Å².